The number of ether oxygens (including phenoxy) is 3. The number of nitrogens with zero attached hydrogens (tertiary/aromatic N) is 3. The number of hydrogen-bond donors (Lipinski definition) is 1. The van der Waals surface area contributed by atoms with E-state index in [4.69, 9.17) is 24.3 Å². The van der Waals surface area contributed by atoms with Gasteiger partial charge in [0.05, 0.1) is 19.9 Å². The molecule has 0 fully saturated rings. The Hall–Kier alpha value is -3.91. The lowest BCUT2D eigenvalue weighted by molar-refractivity contribution is 0.217. The van der Waals surface area contributed by atoms with Gasteiger partial charge in [0, 0.05) is 16.7 Å². The van der Waals surface area contributed by atoms with E-state index in [1.165, 1.54) is 17.3 Å². The number of rotatable bonds is 5. The van der Waals surface area contributed by atoms with Crippen LogP contribution in [0.5, 0.6) is 17.2 Å². The lowest BCUT2D eigenvalue weighted by Gasteiger charge is -2.39. The minimum absolute atomic E-state index is 0.237. The summed E-state index contributed by atoms with van der Waals surface area (Å²) in [6.07, 6.45) is 1.53. The van der Waals surface area contributed by atoms with Gasteiger partial charge >= 0.3 is 0 Å². The van der Waals surface area contributed by atoms with Crippen LogP contribution in [0.3, 0.4) is 0 Å². The molecule has 0 radical (unpaired) electrons. The number of aryl methyl sites for hydroxylation is 1. The van der Waals surface area contributed by atoms with Crippen molar-refractivity contribution in [3.8, 4) is 17.2 Å². The molecular formula is C28H26N4O3S. The Bertz CT molecular complexity index is 1480. The topological polar surface area (TPSA) is 70.4 Å². The maximum Gasteiger partial charge on any atom is 0.227 e. The lowest BCUT2D eigenvalue weighted by atomic mass is 9.84. The average Bonchev–Trinajstić information content (AvgIpc) is 3.34. The number of nitrogens with one attached hydrogen (secondary N) is 1. The van der Waals surface area contributed by atoms with Gasteiger partial charge < -0.3 is 19.5 Å². The highest BCUT2D eigenvalue weighted by Crippen LogP contribution is 2.52. The van der Waals surface area contributed by atoms with E-state index in [9.17, 15) is 0 Å². The minimum Gasteiger partial charge on any atom is -0.497 e. The first-order chi connectivity index (χ1) is 17.6. The van der Waals surface area contributed by atoms with Crippen molar-refractivity contribution in [3.63, 3.8) is 0 Å². The van der Waals surface area contributed by atoms with Crippen LogP contribution in [0.1, 0.15) is 34.4 Å². The fourth-order valence-electron chi connectivity index (χ4n) is 4.92. The first-order valence-corrected chi connectivity index (χ1v) is 12.9. The normalized spacial score (nSPS) is 17.9. The van der Waals surface area contributed by atoms with Crippen LogP contribution in [0.25, 0.3) is 5.70 Å². The second-order valence-corrected chi connectivity index (χ2v) is 9.51. The van der Waals surface area contributed by atoms with E-state index >= 15 is 0 Å². The summed E-state index contributed by atoms with van der Waals surface area (Å²) in [6, 6.07) is 22.2. The Morgan fingerprint density at radius 1 is 1.00 bits per heavy atom. The molecule has 0 amide bonds. The molecule has 0 unspecified atom stereocenters. The van der Waals surface area contributed by atoms with Crippen molar-refractivity contribution in [1.82, 2.24) is 14.8 Å². The van der Waals surface area contributed by atoms with Crippen molar-refractivity contribution in [2.24, 2.45) is 0 Å². The summed E-state index contributed by atoms with van der Waals surface area (Å²) in [5.74, 6) is 2.96. The van der Waals surface area contributed by atoms with Gasteiger partial charge in [0.2, 0.25) is 11.1 Å². The van der Waals surface area contributed by atoms with E-state index in [-0.39, 0.29) is 6.04 Å². The van der Waals surface area contributed by atoms with Crippen LogP contribution in [-0.4, -0.2) is 35.2 Å². The van der Waals surface area contributed by atoms with Gasteiger partial charge in [-0.25, -0.2) is 4.68 Å². The van der Waals surface area contributed by atoms with Gasteiger partial charge in [-0.15, -0.1) is 5.10 Å². The summed E-state index contributed by atoms with van der Waals surface area (Å²) in [5, 5.41) is 9.16. The highest BCUT2D eigenvalue weighted by atomic mass is 32.2. The molecule has 182 valence electrons. The van der Waals surface area contributed by atoms with Gasteiger partial charge in [0.15, 0.2) is 6.10 Å². The third kappa shape index (κ3) is 3.60. The molecule has 2 aliphatic heterocycles. The molecule has 4 aromatic rings. The van der Waals surface area contributed by atoms with Gasteiger partial charge in [0.1, 0.15) is 23.3 Å². The maximum absolute atomic E-state index is 6.75. The number of thioether (sulfide) groups is 1. The lowest BCUT2D eigenvalue weighted by Crippen LogP contribution is -2.32. The number of para-hydroxylation sites is 1. The summed E-state index contributed by atoms with van der Waals surface area (Å²) in [4.78, 5) is 4.77. The van der Waals surface area contributed by atoms with Crippen LogP contribution < -0.4 is 19.5 Å². The Morgan fingerprint density at radius 3 is 2.56 bits per heavy atom. The molecule has 2 atom stereocenters. The number of methoxy groups -OCH3 is 2. The largest absolute Gasteiger partial charge is 0.497 e. The Balaban J connectivity index is 1.64. The van der Waals surface area contributed by atoms with E-state index in [1.807, 2.05) is 47.3 Å². The zero-order valence-corrected chi connectivity index (χ0v) is 21.3. The number of hydrogen-bond acceptors (Lipinski definition) is 7. The van der Waals surface area contributed by atoms with E-state index in [2.05, 4.69) is 42.6 Å². The van der Waals surface area contributed by atoms with Gasteiger partial charge in [-0.05, 0) is 49.1 Å². The molecule has 0 bridgehead atoms. The van der Waals surface area contributed by atoms with Gasteiger partial charge in [0.25, 0.3) is 0 Å². The van der Waals surface area contributed by atoms with Crippen LogP contribution in [0.2, 0.25) is 0 Å². The fourth-order valence-corrected chi connectivity index (χ4v) is 5.26. The number of benzene rings is 3. The molecule has 3 heterocycles. The zero-order valence-electron chi connectivity index (χ0n) is 20.5. The number of fused-ring (bicyclic) bond motifs is 3. The smallest absolute Gasteiger partial charge is 0.227 e. The van der Waals surface area contributed by atoms with Crippen molar-refractivity contribution >= 4 is 23.4 Å². The predicted molar refractivity (Wildman–Crippen MR) is 141 cm³/mol. The van der Waals surface area contributed by atoms with E-state index in [0.717, 1.165) is 45.2 Å². The molecule has 2 aliphatic rings. The SMILES string of the molecule is COc1ccc(OC)c([C@H]2Oc3ccccc3C3=C2[C@H](c2ccc(C)cc2)n2nc(SC)nc2N3)c1. The molecule has 1 N–H and O–H groups in total. The predicted octanol–water partition coefficient (Wildman–Crippen LogP) is 5.89. The molecular weight excluding hydrogens is 472 g/mol. The Morgan fingerprint density at radius 2 is 1.81 bits per heavy atom. The van der Waals surface area contributed by atoms with Crippen LogP contribution >= 0.6 is 11.8 Å². The molecule has 1 aromatic heterocycles. The van der Waals surface area contributed by atoms with E-state index in [0.29, 0.717) is 11.1 Å². The quantitative estimate of drug-likeness (QED) is 0.344. The summed E-state index contributed by atoms with van der Waals surface area (Å²) < 4.78 is 20.1. The second kappa shape index (κ2) is 8.95. The summed E-state index contributed by atoms with van der Waals surface area (Å²) in [6.45, 7) is 2.09. The zero-order chi connectivity index (χ0) is 24.8. The first kappa shape index (κ1) is 22.5. The van der Waals surface area contributed by atoms with Crippen molar-refractivity contribution in [2.75, 3.05) is 25.8 Å². The highest BCUT2D eigenvalue weighted by Gasteiger charge is 2.42. The molecule has 0 saturated carbocycles. The Labute approximate surface area is 214 Å². The van der Waals surface area contributed by atoms with E-state index in [1.54, 1.807) is 14.2 Å². The fraction of sp³-hybridized carbons (Fsp3) is 0.214. The molecule has 3 aromatic carbocycles. The maximum atomic E-state index is 6.75. The van der Waals surface area contributed by atoms with Crippen molar-refractivity contribution < 1.29 is 14.2 Å². The third-order valence-corrected chi connectivity index (χ3v) is 7.19. The number of aromatic nitrogens is 3. The minimum atomic E-state index is -0.450. The highest BCUT2D eigenvalue weighted by molar-refractivity contribution is 7.98. The number of anilines is 1. The van der Waals surface area contributed by atoms with Crippen molar-refractivity contribution in [1.29, 1.82) is 0 Å². The molecule has 7 nitrogen and oxygen atoms in total. The molecule has 0 saturated heterocycles. The second-order valence-electron chi connectivity index (χ2n) is 8.74. The average molecular weight is 499 g/mol. The molecule has 8 heteroatoms. The van der Waals surface area contributed by atoms with Gasteiger partial charge in [-0.1, -0.05) is 53.7 Å². The molecule has 0 aliphatic carbocycles. The van der Waals surface area contributed by atoms with Crippen LogP contribution in [0, 0.1) is 6.92 Å². The van der Waals surface area contributed by atoms with Crippen molar-refractivity contribution in [2.45, 2.75) is 24.2 Å². The monoisotopic (exact) mass is 498 g/mol. The van der Waals surface area contributed by atoms with E-state index < -0.39 is 6.10 Å². The van der Waals surface area contributed by atoms with Crippen molar-refractivity contribution in [3.05, 3.63) is 94.6 Å². The summed E-state index contributed by atoms with van der Waals surface area (Å²) >= 11 is 1.52. The Kier molecular flexibility index (Phi) is 5.60. The molecule has 6 rings (SSSR count). The van der Waals surface area contributed by atoms with Gasteiger partial charge in [-0.3, -0.25) is 0 Å². The molecule has 0 spiro atoms. The first-order valence-electron chi connectivity index (χ1n) is 11.7. The standard InChI is InChI=1S/C28H26N4O3S/c1-16-9-11-17(12-10-16)25-23-24(29-27-30-28(36-4)31-32(25)27)19-7-5-6-8-22(19)35-26(23)20-15-18(33-2)13-14-21(20)34-3/h5-15,25-26H,1-4H3,(H,29,30,31)/t25-,26+/m0/s1. The van der Waals surface area contributed by atoms with Crippen LogP contribution in [0.15, 0.2) is 77.5 Å². The summed E-state index contributed by atoms with van der Waals surface area (Å²) in [5.41, 5.74) is 6.18. The third-order valence-electron chi connectivity index (χ3n) is 6.66. The van der Waals surface area contributed by atoms with Crippen LogP contribution in [0.4, 0.5) is 5.95 Å². The van der Waals surface area contributed by atoms with Gasteiger partial charge in [-0.2, -0.15) is 4.98 Å². The van der Waals surface area contributed by atoms with Crippen LogP contribution in [-0.2, 0) is 0 Å². The molecule has 36 heavy (non-hydrogen) atoms. The summed E-state index contributed by atoms with van der Waals surface area (Å²) in [7, 11) is 3.34.